The van der Waals surface area contributed by atoms with Gasteiger partial charge in [0.15, 0.2) is 0 Å². The Labute approximate surface area is 80.5 Å². The van der Waals surface area contributed by atoms with Gasteiger partial charge in [0.25, 0.3) is 0 Å². The van der Waals surface area contributed by atoms with E-state index in [0.717, 1.165) is 13.0 Å². The molecule has 0 aromatic carbocycles. The van der Waals surface area contributed by atoms with Crippen LogP contribution in [0.15, 0.2) is 24.3 Å². The highest BCUT2D eigenvalue weighted by atomic mass is 16.5. The summed E-state index contributed by atoms with van der Waals surface area (Å²) in [4.78, 5) is 0. The van der Waals surface area contributed by atoms with Crippen LogP contribution in [0.5, 0.6) is 0 Å². The lowest BCUT2D eigenvalue weighted by molar-refractivity contribution is 0.199. The summed E-state index contributed by atoms with van der Waals surface area (Å²) in [5, 5.41) is 0. The van der Waals surface area contributed by atoms with Gasteiger partial charge in [0.2, 0.25) is 0 Å². The van der Waals surface area contributed by atoms with Crippen molar-refractivity contribution in [1.29, 1.82) is 0 Å². The Kier molecular flexibility index (Phi) is 2.84. The lowest BCUT2D eigenvalue weighted by Gasteiger charge is -2.19. The number of allylic oxidation sites excluding steroid dienone is 4. The lowest BCUT2D eigenvalue weighted by Crippen LogP contribution is -2.09. The maximum atomic E-state index is 5.06. The summed E-state index contributed by atoms with van der Waals surface area (Å²) in [7, 11) is 1.74. The predicted octanol–water partition coefficient (Wildman–Crippen LogP) is 2.29. The molecule has 0 heterocycles. The van der Waals surface area contributed by atoms with Crippen molar-refractivity contribution in [3.63, 3.8) is 0 Å². The minimum Gasteiger partial charge on any atom is -0.385 e. The van der Waals surface area contributed by atoms with E-state index < -0.39 is 0 Å². The largest absolute Gasteiger partial charge is 0.385 e. The Morgan fingerprint density at radius 2 is 2.00 bits per heavy atom. The Hall–Kier alpha value is -0.560. The molecule has 5 radical (unpaired) electrons. The van der Waals surface area contributed by atoms with E-state index in [1.807, 2.05) is 0 Å². The van der Waals surface area contributed by atoms with Gasteiger partial charge in [-0.15, -0.1) is 0 Å². The quantitative estimate of drug-likeness (QED) is 0.636. The number of hydrogen-bond acceptors (Lipinski definition) is 1. The molecule has 0 unspecified atom stereocenters. The minimum absolute atomic E-state index is 0.800. The van der Waals surface area contributed by atoms with Gasteiger partial charge in [-0.2, -0.15) is 0 Å². The van der Waals surface area contributed by atoms with Crippen molar-refractivity contribution in [3.8, 4) is 0 Å². The molecular formula is C12H13O. The van der Waals surface area contributed by atoms with E-state index in [9.17, 15) is 0 Å². The molecule has 0 aliphatic heterocycles. The van der Waals surface area contributed by atoms with Crippen molar-refractivity contribution in [2.75, 3.05) is 13.7 Å². The molecule has 2 rings (SSSR count). The van der Waals surface area contributed by atoms with Crippen molar-refractivity contribution in [2.45, 2.75) is 6.42 Å². The highest BCUT2D eigenvalue weighted by Crippen LogP contribution is 2.45. The third-order valence-electron chi connectivity index (χ3n) is 2.35. The van der Waals surface area contributed by atoms with Crippen molar-refractivity contribution in [3.05, 3.63) is 54.9 Å². The average Bonchev–Trinajstić information content (AvgIpc) is 2.58. The molecule has 0 bridgehead atoms. The summed E-state index contributed by atoms with van der Waals surface area (Å²) in [6.45, 7) is 0.800. The van der Waals surface area contributed by atoms with Gasteiger partial charge in [-0.25, -0.2) is 0 Å². The van der Waals surface area contributed by atoms with E-state index >= 15 is 0 Å². The monoisotopic (exact) mass is 173 g/mol. The Balaban J connectivity index is 1.93. The van der Waals surface area contributed by atoms with E-state index in [2.05, 4.69) is 37.1 Å². The molecule has 1 fully saturated rings. The molecular weight excluding hydrogens is 160 g/mol. The van der Waals surface area contributed by atoms with Gasteiger partial charge < -0.3 is 4.74 Å². The first-order valence-electron chi connectivity index (χ1n) is 4.54. The van der Waals surface area contributed by atoms with Gasteiger partial charge in [0, 0.05) is 25.6 Å². The van der Waals surface area contributed by atoms with Crippen LogP contribution in [0, 0.1) is 30.6 Å². The molecule has 0 N–H and O–H groups in total. The second-order valence-corrected chi connectivity index (χ2v) is 3.19. The highest BCUT2D eigenvalue weighted by molar-refractivity contribution is 5.62. The van der Waals surface area contributed by atoms with Crippen molar-refractivity contribution >= 4 is 0 Å². The van der Waals surface area contributed by atoms with Crippen LogP contribution < -0.4 is 0 Å². The third kappa shape index (κ3) is 1.86. The molecule has 0 spiro atoms. The first-order chi connectivity index (χ1) is 6.42. The normalized spacial score (nSPS) is 24.1. The van der Waals surface area contributed by atoms with E-state index in [1.165, 1.54) is 17.8 Å². The highest BCUT2D eigenvalue weighted by Gasteiger charge is 2.35. The van der Waals surface area contributed by atoms with Crippen molar-refractivity contribution < 1.29 is 4.74 Å². The molecule has 67 valence electrons. The molecule has 0 amide bonds. The molecule has 2 aliphatic rings. The fraction of sp³-hybridized carbons (Fsp3) is 0.250. The smallest absolute Gasteiger partial charge is 0.0468 e. The van der Waals surface area contributed by atoms with Crippen LogP contribution in [0.25, 0.3) is 0 Å². The molecule has 13 heavy (non-hydrogen) atoms. The van der Waals surface area contributed by atoms with Crippen LogP contribution in [0.4, 0.5) is 0 Å². The standard InChI is InChI=1S/C12H13O/c1-13-9-8-11-7-6-10-4-2-3-5-12(10)11/h2-7H,8-9H2,1H3. The van der Waals surface area contributed by atoms with E-state index in [0.29, 0.717) is 0 Å². The SMILES string of the molecule is COCC[C]1[CH][CH][C]2C=CC=C[C]21. The van der Waals surface area contributed by atoms with Gasteiger partial charge in [0.1, 0.15) is 0 Å². The van der Waals surface area contributed by atoms with Crippen LogP contribution in [0.3, 0.4) is 0 Å². The molecule has 2 aliphatic carbocycles. The molecule has 0 aromatic rings. The summed E-state index contributed by atoms with van der Waals surface area (Å²) < 4.78 is 5.06. The molecule has 1 nitrogen and oxygen atoms in total. The molecule has 0 aromatic heterocycles. The van der Waals surface area contributed by atoms with Crippen LogP contribution in [-0.2, 0) is 4.74 Å². The topological polar surface area (TPSA) is 9.23 Å². The lowest BCUT2D eigenvalue weighted by atomic mass is 9.85. The van der Waals surface area contributed by atoms with E-state index in [1.54, 1.807) is 7.11 Å². The Bertz CT molecular complexity index is 217. The summed E-state index contributed by atoms with van der Waals surface area (Å²) in [5.41, 5.74) is 0. The van der Waals surface area contributed by atoms with Crippen LogP contribution in [0.2, 0.25) is 0 Å². The van der Waals surface area contributed by atoms with Gasteiger partial charge in [-0.3, -0.25) is 0 Å². The zero-order valence-corrected chi connectivity index (χ0v) is 7.79. The third-order valence-corrected chi connectivity index (χ3v) is 2.35. The van der Waals surface area contributed by atoms with Crippen molar-refractivity contribution in [2.24, 2.45) is 0 Å². The Morgan fingerprint density at radius 3 is 2.85 bits per heavy atom. The van der Waals surface area contributed by atoms with Gasteiger partial charge in [0.05, 0.1) is 0 Å². The molecule has 1 heteroatoms. The number of hydrogen-bond donors (Lipinski definition) is 0. The van der Waals surface area contributed by atoms with Crippen LogP contribution >= 0.6 is 0 Å². The van der Waals surface area contributed by atoms with Crippen molar-refractivity contribution in [1.82, 2.24) is 0 Å². The molecule has 0 atom stereocenters. The van der Waals surface area contributed by atoms with Crippen LogP contribution in [-0.4, -0.2) is 13.7 Å². The van der Waals surface area contributed by atoms with Gasteiger partial charge in [-0.1, -0.05) is 24.3 Å². The maximum absolute atomic E-state index is 5.06. The second kappa shape index (κ2) is 4.10. The van der Waals surface area contributed by atoms with Gasteiger partial charge in [-0.05, 0) is 25.2 Å². The summed E-state index contributed by atoms with van der Waals surface area (Å²) in [6.07, 6.45) is 13.8. The summed E-state index contributed by atoms with van der Waals surface area (Å²) in [6, 6.07) is 0. The zero-order chi connectivity index (χ0) is 9.10. The van der Waals surface area contributed by atoms with E-state index in [4.69, 9.17) is 4.74 Å². The molecule has 0 saturated heterocycles. The second-order valence-electron chi connectivity index (χ2n) is 3.19. The number of ether oxygens (including phenoxy) is 1. The summed E-state index contributed by atoms with van der Waals surface area (Å²) >= 11 is 0. The molecule has 1 saturated carbocycles. The minimum atomic E-state index is 0.800. The van der Waals surface area contributed by atoms with E-state index in [-0.39, 0.29) is 0 Å². The number of rotatable bonds is 3. The predicted molar refractivity (Wildman–Crippen MR) is 53.1 cm³/mol. The van der Waals surface area contributed by atoms with Crippen LogP contribution in [0.1, 0.15) is 6.42 Å². The summed E-state index contributed by atoms with van der Waals surface area (Å²) in [5.74, 6) is 4.07. The fourth-order valence-electron chi connectivity index (χ4n) is 1.64. The Morgan fingerprint density at radius 1 is 1.15 bits per heavy atom. The zero-order valence-electron chi connectivity index (χ0n) is 7.79. The first kappa shape index (κ1) is 9.01. The maximum Gasteiger partial charge on any atom is 0.0468 e. The van der Waals surface area contributed by atoms with Gasteiger partial charge >= 0.3 is 0 Å². The average molecular weight is 173 g/mol. The first-order valence-corrected chi connectivity index (χ1v) is 4.54. The number of methoxy groups -OCH3 is 1. The number of fused-ring (bicyclic) bond motifs is 1. The fourth-order valence-corrected chi connectivity index (χ4v) is 1.64.